The van der Waals surface area contributed by atoms with Gasteiger partial charge in [-0.15, -0.1) is 5.10 Å². The number of rotatable bonds is 8. The molecule has 262 valence electrons. The molecule has 0 aliphatic carbocycles. The number of H-pyrrole nitrogens is 1. The average Bonchev–Trinajstić information content (AvgIpc) is 3.78. The second-order valence-corrected chi connectivity index (χ2v) is 14.4. The Morgan fingerprint density at radius 2 is 1.75 bits per heavy atom. The smallest absolute Gasteiger partial charge is 0.328 e. The zero-order chi connectivity index (χ0) is 35.1. The van der Waals surface area contributed by atoms with Gasteiger partial charge in [-0.25, -0.2) is 9.48 Å². The molecule has 0 spiro atoms. The van der Waals surface area contributed by atoms with Crippen LogP contribution >= 0.6 is 0 Å². The lowest BCUT2D eigenvalue weighted by Gasteiger charge is -2.38. The summed E-state index contributed by atoms with van der Waals surface area (Å²) in [4.78, 5) is 38.7. The predicted octanol–water partition coefficient (Wildman–Crippen LogP) is 5.67. The fourth-order valence-corrected chi connectivity index (χ4v) is 7.87. The van der Waals surface area contributed by atoms with Gasteiger partial charge in [-0.05, 0) is 87.9 Å². The highest BCUT2D eigenvalue weighted by atomic mass is 16.2. The monoisotopic (exact) mass is 685 g/mol. The molecule has 3 aliphatic heterocycles. The first-order valence-corrected chi connectivity index (χ1v) is 18.0. The van der Waals surface area contributed by atoms with Crippen molar-refractivity contribution in [3.05, 3.63) is 60.4 Å². The molecule has 0 unspecified atom stereocenters. The molecular weight excluding hydrogens is 642 g/mol. The molecule has 13 heteroatoms. The number of pyridine rings is 1. The third-order valence-electron chi connectivity index (χ3n) is 10.6. The summed E-state index contributed by atoms with van der Waals surface area (Å²) in [6.07, 6.45) is 8.67. The maximum absolute atomic E-state index is 12.2. The van der Waals surface area contributed by atoms with E-state index in [-0.39, 0.29) is 18.0 Å². The largest absolute Gasteiger partial charge is 0.381 e. The summed E-state index contributed by atoms with van der Waals surface area (Å²) < 4.78 is 2.04. The third-order valence-corrected chi connectivity index (χ3v) is 10.6. The van der Waals surface area contributed by atoms with Crippen LogP contribution in [0.2, 0.25) is 0 Å². The predicted molar refractivity (Wildman–Crippen MR) is 198 cm³/mol. The van der Waals surface area contributed by atoms with Crippen LogP contribution < -0.4 is 20.4 Å². The van der Waals surface area contributed by atoms with Crippen LogP contribution in [-0.2, 0) is 4.79 Å². The summed E-state index contributed by atoms with van der Waals surface area (Å²) >= 11 is 0. The van der Waals surface area contributed by atoms with Gasteiger partial charge in [-0.1, -0.05) is 5.21 Å². The van der Waals surface area contributed by atoms with E-state index in [0.29, 0.717) is 30.5 Å². The number of anilines is 3. The van der Waals surface area contributed by atoms with E-state index in [9.17, 15) is 14.9 Å². The van der Waals surface area contributed by atoms with Gasteiger partial charge in [0.1, 0.15) is 5.69 Å². The van der Waals surface area contributed by atoms with Crippen molar-refractivity contribution in [2.75, 3.05) is 54.4 Å². The van der Waals surface area contributed by atoms with E-state index in [1.54, 1.807) is 4.90 Å². The summed E-state index contributed by atoms with van der Waals surface area (Å²) in [5.74, 6) is 0.459. The van der Waals surface area contributed by atoms with Crippen LogP contribution in [0, 0.1) is 17.2 Å². The van der Waals surface area contributed by atoms with E-state index in [1.807, 2.05) is 41.2 Å². The van der Waals surface area contributed by atoms with Gasteiger partial charge >= 0.3 is 6.03 Å². The summed E-state index contributed by atoms with van der Waals surface area (Å²) in [6.45, 7) is 9.91. The van der Waals surface area contributed by atoms with Crippen LogP contribution in [-0.4, -0.2) is 87.1 Å². The molecule has 6 heterocycles. The molecular formula is C38H43N11O2. The highest BCUT2D eigenvalue weighted by Gasteiger charge is 2.28. The van der Waals surface area contributed by atoms with Gasteiger partial charge in [0, 0.05) is 85.8 Å². The molecule has 3 aliphatic rings. The van der Waals surface area contributed by atoms with Crippen molar-refractivity contribution in [3.8, 4) is 17.3 Å². The molecule has 3 fully saturated rings. The highest BCUT2D eigenvalue weighted by Crippen LogP contribution is 2.37. The number of nitriles is 1. The van der Waals surface area contributed by atoms with Gasteiger partial charge in [0.05, 0.1) is 40.6 Å². The normalized spacial score (nSPS) is 18.2. The molecule has 51 heavy (non-hydrogen) atoms. The van der Waals surface area contributed by atoms with E-state index in [4.69, 9.17) is 4.98 Å². The minimum atomic E-state index is -0.349. The number of likely N-dealkylation sites (tertiary alicyclic amines) is 1. The molecule has 0 atom stereocenters. The number of nitrogens with one attached hydrogen (secondary N) is 3. The topological polar surface area (TPSA) is 151 Å². The molecule has 3 amide bonds. The highest BCUT2D eigenvalue weighted by molar-refractivity contribution is 6.11. The van der Waals surface area contributed by atoms with Gasteiger partial charge in [0.2, 0.25) is 5.91 Å². The molecule has 3 saturated heterocycles. The number of carbonyl (C=O) groups is 2. The Morgan fingerprint density at radius 3 is 2.47 bits per heavy atom. The van der Waals surface area contributed by atoms with Gasteiger partial charge in [-0.3, -0.25) is 20.0 Å². The molecule has 3 aromatic heterocycles. The van der Waals surface area contributed by atoms with E-state index >= 15 is 0 Å². The molecule has 0 bridgehead atoms. The number of imide groups is 1. The number of amides is 3. The first-order chi connectivity index (χ1) is 24.8. The number of hydrogen-bond acceptors (Lipinski definition) is 9. The molecule has 2 aromatic carbocycles. The number of piperidine rings is 2. The van der Waals surface area contributed by atoms with Crippen LogP contribution in [0.5, 0.6) is 0 Å². The standard InChI is InChI=1S/C38H43N11O2/c1-24(2)41-36-31(21-40-35-30-8-3-26(20-39)19-32(30)42-37(35)36)33-23-49(45-44-33)29-11-14-46(15-12-29)22-25-9-16-47(17-10-25)27-4-6-28(7-5-27)48-18-13-34(50)43-38(48)51/h3-8,19,21,23-25,29,42H,9-18,22H2,1-2H3,(H,40,41)(H,43,50,51). The SMILES string of the molecule is CC(C)Nc1c(-c2cn(C3CCN(CC4CCN(c5ccc(N6CCC(=O)NC6=O)cc5)CC4)CC3)nn2)cnc2c1[nH]c1cc(C#N)ccc12. The summed E-state index contributed by atoms with van der Waals surface area (Å²) in [7, 11) is 0. The maximum Gasteiger partial charge on any atom is 0.328 e. The van der Waals surface area contributed by atoms with Gasteiger partial charge in [-0.2, -0.15) is 5.26 Å². The zero-order valence-electron chi connectivity index (χ0n) is 29.1. The van der Waals surface area contributed by atoms with Crippen molar-refractivity contribution >= 4 is 50.9 Å². The minimum Gasteiger partial charge on any atom is -0.381 e. The second-order valence-electron chi connectivity index (χ2n) is 14.4. The number of nitrogens with zero attached hydrogens (tertiary/aromatic N) is 8. The Bertz CT molecular complexity index is 2110. The number of aromatic nitrogens is 5. The van der Waals surface area contributed by atoms with Gasteiger partial charge in [0.15, 0.2) is 0 Å². The number of urea groups is 1. The lowest BCUT2D eigenvalue weighted by atomic mass is 9.94. The Hall–Kier alpha value is -5.48. The maximum atomic E-state index is 12.2. The fraction of sp³-hybridized carbons (Fsp3) is 0.421. The lowest BCUT2D eigenvalue weighted by molar-refractivity contribution is -0.120. The lowest BCUT2D eigenvalue weighted by Crippen LogP contribution is -2.49. The number of hydrogen-bond donors (Lipinski definition) is 3. The molecule has 0 saturated carbocycles. The molecule has 3 N–H and O–H groups in total. The van der Waals surface area contributed by atoms with Crippen molar-refractivity contribution in [3.63, 3.8) is 0 Å². The quantitative estimate of drug-likeness (QED) is 0.188. The summed E-state index contributed by atoms with van der Waals surface area (Å²) in [6, 6.07) is 16.2. The van der Waals surface area contributed by atoms with E-state index in [1.165, 1.54) is 5.69 Å². The van der Waals surface area contributed by atoms with Crippen molar-refractivity contribution in [1.82, 2.24) is 35.2 Å². The van der Waals surface area contributed by atoms with Crippen LogP contribution in [0.4, 0.5) is 21.9 Å². The Balaban J connectivity index is 0.867. The van der Waals surface area contributed by atoms with E-state index < -0.39 is 0 Å². The molecule has 5 aromatic rings. The average molecular weight is 686 g/mol. The van der Waals surface area contributed by atoms with Crippen LogP contribution in [0.15, 0.2) is 54.9 Å². The molecule has 0 radical (unpaired) electrons. The molecule has 8 rings (SSSR count). The van der Waals surface area contributed by atoms with Crippen molar-refractivity contribution in [2.45, 2.75) is 58.0 Å². The fourth-order valence-electron chi connectivity index (χ4n) is 7.87. The Morgan fingerprint density at radius 1 is 0.980 bits per heavy atom. The third kappa shape index (κ3) is 6.59. The van der Waals surface area contributed by atoms with Crippen LogP contribution in [0.3, 0.4) is 0 Å². The van der Waals surface area contributed by atoms with Crippen LogP contribution in [0.1, 0.15) is 57.6 Å². The van der Waals surface area contributed by atoms with E-state index in [2.05, 4.69) is 74.0 Å². The number of benzene rings is 2. The Kier molecular flexibility index (Phi) is 8.77. The number of fused-ring (bicyclic) bond motifs is 3. The molecule has 13 nitrogen and oxygen atoms in total. The summed E-state index contributed by atoms with van der Waals surface area (Å²) in [5, 5.41) is 25.6. The first-order valence-electron chi connectivity index (χ1n) is 18.0. The van der Waals surface area contributed by atoms with Crippen molar-refractivity contribution in [1.29, 1.82) is 5.26 Å². The second kappa shape index (κ2) is 13.7. The van der Waals surface area contributed by atoms with E-state index in [0.717, 1.165) is 103 Å². The van der Waals surface area contributed by atoms with Crippen molar-refractivity contribution in [2.24, 2.45) is 5.92 Å². The minimum absolute atomic E-state index is 0.193. The van der Waals surface area contributed by atoms with Crippen LogP contribution in [0.25, 0.3) is 33.2 Å². The van der Waals surface area contributed by atoms with Crippen molar-refractivity contribution < 1.29 is 9.59 Å². The first kappa shape index (κ1) is 32.7. The number of aromatic amines is 1. The summed E-state index contributed by atoms with van der Waals surface area (Å²) in [5.41, 5.74) is 7.90. The number of carbonyl (C=O) groups excluding carboxylic acids is 2. The van der Waals surface area contributed by atoms with Gasteiger partial charge < -0.3 is 20.1 Å². The van der Waals surface area contributed by atoms with Gasteiger partial charge in [0.25, 0.3) is 0 Å². The zero-order valence-corrected chi connectivity index (χ0v) is 29.1. The Labute approximate surface area is 296 Å².